The third kappa shape index (κ3) is 5.69. The minimum absolute atomic E-state index is 0.00646. The molecule has 2 atom stereocenters. The van der Waals surface area contributed by atoms with Crippen LogP contribution in [-0.4, -0.2) is 6.54 Å². The van der Waals surface area contributed by atoms with E-state index in [0.29, 0.717) is 0 Å². The average Bonchev–Trinajstić information content (AvgIpc) is 3.71. The summed E-state index contributed by atoms with van der Waals surface area (Å²) >= 11 is 0. The standard InChI is InChI=1S/C58H49N2P/c1-57(2)50-38-44(59-33-13-17-41-14-7-10-20-51(41)59)26-28-49(50)58(3)32-31-40(35-56(57)58)24-23-39-25-29-54-47(34-39)48-37-45(27-30-55(48)61(54)46-18-5-4-6-19-46)60-52-21-11-8-15-42(52)36-43-16-9-12-22-53(43)60/h4-12,14-16,18-31,34-35,37-38H,13,17,32-33,36H2,1-3H3/b24-23+. The summed E-state index contributed by atoms with van der Waals surface area (Å²) in [6, 6.07) is 59.7. The van der Waals surface area contributed by atoms with Gasteiger partial charge in [0.1, 0.15) is 0 Å². The van der Waals surface area contributed by atoms with Crippen molar-refractivity contribution in [3.8, 4) is 5.30 Å². The Labute approximate surface area is 360 Å². The summed E-state index contributed by atoms with van der Waals surface area (Å²) in [7, 11) is -0.673. The van der Waals surface area contributed by atoms with Crippen LogP contribution in [0, 0.1) is 0 Å². The summed E-state index contributed by atoms with van der Waals surface area (Å²) in [6.07, 6.45) is 14.0. The lowest BCUT2D eigenvalue weighted by Gasteiger charge is -2.34. The topological polar surface area (TPSA) is 6.48 Å². The monoisotopic (exact) mass is 804 g/mol. The second-order valence-electron chi connectivity index (χ2n) is 18.3. The Hall–Kier alpha value is -6.34. The van der Waals surface area contributed by atoms with Crippen LogP contribution in [0.2, 0.25) is 0 Å². The fourth-order valence-electron chi connectivity index (χ4n) is 11.4. The first-order valence-corrected chi connectivity index (χ1v) is 23.4. The van der Waals surface area contributed by atoms with Crippen molar-refractivity contribution in [1.29, 1.82) is 0 Å². The number of nitrogens with zero attached hydrogens (tertiary/aromatic N) is 2. The van der Waals surface area contributed by atoms with Crippen LogP contribution in [0.4, 0.5) is 28.4 Å². The van der Waals surface area contributed by atoms with Crippen LogP contribution in [-0.2, 0) is 23.7 Å². The maximum absolute atomic E-state index is 2.55. The Morgan fingerprint density at radius 3 is 2.00 bits per heavy atom. The van der Waals surface area contributed by atoms with Crippen LogP contribution < -0.4 is 9.80 Å². The smallest absolute Gasteiger partial charge is 0.0497 e. The molecule has 2 aliphatic carbocycles. The highest BCUT2D eigenvalue weighted by atomic mass is 31.1. The Morgan fingerprint density at radius 2 is 1.23 bits per heavy atom. The molecule has 1 aromatic heterocycles. The molecule has 3 heteroatoms. The van der Waals surface area contributed by atoms with Gasteiger partial charge in [0.15, 0.2) is 0 Å². The summed E-state index contributed by atoms with van der Waals surface area (Å²) in [5, 5.41) is 6.99. The van der Waals surface area contributed by atoms with Gasteiger partial charge in [-0.1, -0.05) is 150 Å². The highest BCUT2D eigenvalue weighted by Gasteiger charge is 2.49. The predicted octanol–water partition coefficient (Wildman–Crippen LogP) is 15.9. The first-order valence-electron chi connectivity index (χ1n) is 22.1. The third-order valence-electron chi connectivity index (χ3n) is 14.4. The highest BCUT2D eigenvalue weighted by Crippen LogP contribution is 2.59. The number of para-hydroxylation sites is 3. The highest BCUT2D eigenvalue weighted by molar-refractivity contribution is 7.67. The van der Waals surface area contributed by atoms with Crippen molar-refractivity contribution in [2.45, 2.75) is 57.3 Å². The molecule has 8 aromatic rings. The zero-order chi connectivity index (χ0) is 40.9. The minimum Gasteiger partial charge on any atom is -0.341 e. The van der Waals surface area contributed by atoms with E-state index in [1.807, 2.05) is 0 Å². The average molecular weight is 805 g/mol. The molecule has 2 nitrogen and oxygen atoms in total. The molecular formula is C58H49N2P. The first-order chi connectivity index (χ1) is 29.8. The molecule has 12 rings (SSSR count). The van der Waals surface area contributed by atoms with Crippen molar-refractivity contribution in [2.75, 3.05) is 16.3 Å². The second-order valence-corrected chi connectivity index (χ2v) is 20.4. The Bertz CT molecular complexity index is 3130. The molecule has 296 valence electrons. The molecule has 0 radical (unpaired) electrons. The van der Waals surface area contributed by atoms with Crippen molar-refractivity contribution in [2.24, 2.45) is 0 Å². The van der Waals surface area contributed by atoms with Crippen LogP contribution in [0.3, 0.4) is 0 Å². The Kier molecular flexibility index (Phi) is 8.29. The van der Waals surface area contributed by atoms with E-state index in [0.717, 1.165) is 25.8 Å². The van der Waals surface area contributed by atoms with Crippen molar-refractivity contribution < 1.29 is 0 Å². The zero-order valence-corrected chi connectivity index (χ0v) is 36.1. The van der Waals surface area contributed by atoms with Gasteiger partial charge in [-0.05, 0) is 141 Å². The molecule has 4 aliphatic rings. The summed E-state index contributed by atoms with van der Waals surface area (Å²) in [6.45, 7) is 8.43. The van der Waals surface area contributed by atoms with Gasteiger partial charge in [0.25, 0.3) is 0 Å². The van der Waals surface area contributed by atoms with E-state index in [1.54, 1.807) is 0 Å². The van der Waals surface area contributed by atoms with Crippen molar-refractivity contribution in [3.05, 3.63) is 220 Å². The fourth-order valence-corrected chi connectivity index (χ4v) is 14.0. The summed E-state index contributed by atoms with van der Waals surface area (Å²) in [5.41, 5.74) is 17.6. The van der Waals surface area contributed by atoms with Gasteiger partial charge in [0, 0.05) is 62.5 Å². The van der Waals surface area contributed by atoms with E-state index in [1.165, 1.54) is 106 Å². The summed E-state index contributed by atoms with van der Waals surface area (Å²) in [5.74, 6) is 0. The lowest BCUT2D eigenvalue weighted by molar-refractivity contribution is 0.510. The molecule has 2 unspecified atom stereocenters. The number of hydrogen-bond donors (Lipinski definition) is 0. The third-order valence-corrected chi connectivity index (χ3v) is 16.9. The van der Waals surface area contributed by atoms with E-state index in [-0.39, 0.29) is 10.8 Å². The maximum Gasteiger partial charge on any atom is 0.0497 e. The molecule has 0 saturated carbocycles. The van der Waals surface area contributed by atoms with Crippen LogP contribution in [0.25, 0.3) is 32.4 Å². The molecule has 0 fully saturated rings. The molecule has 7 aromatic carbocycles. The first kappa shape index (κ1) is 36.5. The Morgan fingerprint density at radius 1 is 0.574 bits per heavy atom. The van der Waals surface area contributed by atoms with Gasteiger partial charge >= 0.3 is 0 Å². The molecule has 0 N–H and O–H groups in total. The van der Waals surface area contributed by atoms with Gasteiger partial charge in [-0.15, -0.1) is 0 Å². The summed E-state index contributed by atoms with van der Waals surface area (Å²) < 4.78 is 0. The van der Waals surface area contributed by atoms with Gasteiger partial charge in [-0.2, -0.15) is 0 Å². The van der Waals surface area contributed by atoms with E-state index >= 15 is 0 Å². The van der Waals surface area contributed by atoms with E-state index in [4.69, 9.17) is 0 Å². The van der Waals surface area contributed by atoms with Crippen LogP contribution in [0.15, 0.2) is 187 Å². The van der Waals surface area contributed by atoms with Gasteiger partial charge < -0.3 is 9.80 Å². The number of anilines is 5. The van der Waals surface area contributed by atoms with Gasteiger partial charge in [-0.25, -0.2) is 0 Å². The fraction of sp³-hybridized carbons (Fsp3) is 0.172. The zero-order valence-electron chi connectivity index (χ0n) is 35.2. The molecular weight excluding hydrogens is 756 g/mol. The number of benzene rings is 7. The molecule has 0 amide bonds. The van der Waals surface area contributed by atoms with Crippen LogP contribution in [0.1, 0.15) is 67.0 Å². The molecule has 0 spiro atoms. The van der Waals surface area contributed by atoms with E-state index < -0.39 is 7.53 Å². The normalized spacial score (nSPS) is 19.0. The van der Waals surface area contributed by atoms with Crippen molar-refractivity contribution in [3.63, 3.8) is 0 Å². The number of rotatable bonds is 5. The molecule has 0 bridgehead atoms. The maximum atomic E-state index is 2.55. The number of fused-ring (bicyclic) bond motifs is 9. The number of allylic oxidation sites excluding steroid dienone is 5. The molecule has 3 heterocycles. The van der Waals surface area contributed by atoms with E-state index in [2.05, 4.69) is 213 Å². The van der Waals surface area contributed by atoms with Crippen LogP contribution >= 0.6 is 7.53 Å². The quantitative estimate of drug-likeness (QED) is 0.171. The number of aryl methyl sites for hydroxylation is 1. The van der Waals surface area contributed by atoms with Crippen LogP contribution in [0.5, 0.6) is 0 Å². The van der Waals surface area contributed by atoms with Gasteiger partial charge in [-0.3, -0.25) is 0 Å². The lowest BCUT2D eigenvalue weighted by atomic mass is 9.69. The SMILES string of the molecule is CC1(C)C2=CC(/C=C/c3ccc4c(c3)c3cc(N5c6ccccc6Cc6ccccc65)ccc3p4-c3ccccc3)=CCC2(C)c2ccc(N3CCCc4ccccc43)cc21. The van der Waals surface area contributed by atoms with Gasteiger partial charge in [0.05, 0.1) is 0 Å². The minimum atomic E-state index is -0.673. The van der Waals surface area contributed by atoms with E-state index in [9.17, 15) is 0 Å². The number of hydrogen-bond acceptors (Lipinski definition) is 2. The molecule has 2 aliphatic heterocycles. The van der Waals surface area contributed by atoms with Gasteiger partial charge in [0.2, 0.25) is 0 Å². The summed E-state index contributed by atoms with van der Waals surface area (Å²) in [4.78, 5) is 5.03. The second kappa shape index (κ2) is 13.8. The predicted molar refractivity (Wildman–Crippen MR) is 261 cm³/mol. The Balaban J connectivity index is 0.917. The van der Waals surface area contributed by atoms with Crippen molar-refractivity contribution >= 4 is 63.1 Å². The van der Waals surface area contributed by atoms with Crippen molar-refractivity contribution in [1.82, 2.24) is 0 Å². The molecule has 61 heavy (non-hydrogen) atoms. The molecule has 0 saturated heterocycles. The lowest BCUT2D eigenvalue weighted by Crippen LogP contribution is -2.28. The largest absolute Gasteiger partial charge is 0.341 e.